The molecule has 2 aromatic rings. The van der Waals surface area contributed by atoms with E-state index in [9.17, 15) is 4.79 Å². The fourth-order valence-electron chi connectivity index (χ4n) is 2.78. The molecule has 0 radical (unpaired) electrons. The summed E-state index contributed by atoms with van der Waals surface area (Å²) in [4.78, 5) is 12.2. The Morgan fingerprint density at radius 1 is 1.27 bits per heavy atom. The Hall–Kier alpha value is -1.69. The minimum atomic E-state index is 0. The van der Waals surface area contributed by atoms with E-state index < -0.39 is 0 Å². The average molecular weight is 393 g/mol. The number of amides is 1. The molecule has 140 valence electrons. The lowest BCUT2D eigenvalue weighted by Crippen LogP contribution is -2.39. The maximum atomic E-state index is 12.2. The highest BCUT2D eigenvalue weighted by Crippen LogP contribution is 2.22. The van der Waals surface area contributed by atoms with Crippen LogP contribution in [0, 0.1) is 6.92 Å². The van der Waals surface area contributed by atoms with Gasteiger partial charge in [-0.3, -0.25) is 4.79 Å². The number of thioether (sulfide) groups is 1. The van der Waals surface area contributed by atoms with E-state index >= 15 is 0 Å². The third-order valence-electron chi connectivity index (χ3n) is 4.15. The van der Waals surface area contributed by atoms with Crippen molar-refractivity contribution in [3.05, 3.63) is 59.7 Å². The first-order valence-electron chi connectivity index (χ1n) is 8.59. The van der Waals surface area contributed by atoms with Crippen molar-refractivity contribution in [3.63, 3.8) is 0 Å². The van der Waals surface area contributed by atoms with Crippen molar-refractivity contribution in [3.8, 4) is 5.75 Å². The number of hydrogen-bond donors (Lipinski definition) is 2. The first kappa shape index (κ1) is 20.6. The van der Waals surface area contributed by atoms with Crippen molar-refractivity contribution >= 4 is 35.8 Å². The molecule has 1 unspecified atom stereocenters. The monoisotopic (exact) mass is 392 g/mol. The van der Waals surface area contributed by atoms with Crippen molar-refractivity contribution < 1.29 is 9.53 Å². The van der Waals surface area contributed by atoms with E-state index in [1.165, 1.54) is 0 Å². The SMILES string of the molecule is Cc1cc(OCc2ccccc2)ccc1NC(=O)CC1CSCCN1.Cl. The van der Waals surface area contributed by atoms with E-state index in [4.69, 9.17) is 4.74 Å². The lowest BCUT2D eigenvalue weighted by atomic mass is 10.1. The summed E-state index contributed by atoms with van der Waals surface area (Å²) in [7, 11) is 0. The molecule has 3 rings (SSSR count). The molecule has 2 N–H and O–H groups in total. The van der Waals surface area contributed by atoms with Gasteiger partial charge in [-0.25, -0.2) is 0 Å². The molecular formula is C20H25ClN2O2S. The van der Waals surface area contributed by atoms with Crippen molar-refractivity contribution in [2.45, 2.75) is 26.0 Å². The summed E-state index contributed by atoms with van der Waals surface area (Å²) in [5.74, 6) is 2.99. The van der Waals surface area contributed by atoms with Gasteiger partial charge in [-0.1, -0.05) is 30.3 Å². The number of hydrogen-bond acceptors (Lipinski definition) is 4. The molecule has 0 aliphatic carbocycles. The number of nitrogens with one attached hydrogen (secondary N) is 2. The molecule has 26 heavy (non-hydrogen) atoms. The zero-order valence-corrected chi connectivity index (χ0v) is 16.5. The van der Waals surface area contributed by atoms with Gasteiger partial charge >= 0.3 is 0 Å². The van der Waals surface area contributed by atoms with E-state index in [-0.39, 0.29) is 24.4 Å². The summed E-state index contributed by atoms with van der Waals surface area (Å²) in [6.07, 6.45) is 0.513. The number of anilines is 1. The second-order valence-corrected chi connectivity index (χ2v) is 7.38. The predicted octanol–water partition coefficient (Wildman–Crippen LogP) is 4.03. The highest BCUT2D eigenvalue weighted by Gasteiger charge is 2.17. The first-order chi connectivity index (χ1) is 12.2. The van der Waals surface area contributed by atoms with Crippen LogP contribution in [0.3, 0.4) is 0 Å². The summed E-state index contributed by atoms with van der Waals surface area (Å²) in [5.41, 5.74) is 2.99. The maximum absolute atomic E-state index is 12.2. The van der Waals surface area contributed by atoms with E-state index in [2.05, 4.69) is 10.6 Å². The molecule has 1 aliphatic heterocycles. The van der Waals surface area contributed by atoms with Gasteiger partial charge in [-0.2, -0.15) is 11.8 Å². The number of carbonyl (C=O) groups is 1. The Morgan fingerprint density at radius 2 is 2.08 bits per heavy atom. The number of ether oxygens (including phenoxy) is 1. The Balaban J connectivity index is 0.00000243. The van der Waals surface area contributed by atoms with Crippen LogP contribution in [0.1, 0.15) is 17.5 Å². The summed E-state index contributed by atoms with van der Waals surface area (Å²) >= 11 is 1.90. The Morgan fingerprint density at radius 3 is 2.77 bits per heavy atom. The van der Waals surface area contributed by atoms with Gasteiger partial charge < -0.3 is 15.4 Å². The quantitative estimate of drug-likeness (QED) is 0.779. The molecule has 1 aliphatic rings. The van der Waals surface area contributed by atoms with Gasteiger partial charge in [0.15, 0.2) is 0 Å². The molecule has 0 spiro atoms. The fraction of sp³-hybridized carbons (Fsp3) is 0.350. The third kappa shape index (κ3) is 6.24. The topological polar surface area (TPSA) is 50.4 Å². The van der Waals surface area contributed by atoms with Crippen LogP contribution in [-0.4, -0.2) is 30.0 Å². The van der Waals surface area contributed by atoms with Crippen LogP contribution in [0.15, 0.2) is 48.5 Å². The minimum Gasteiger partial charge on any atom is -0.489 e. The van der Waals surface area contributed by atoms with Crippen LogP contribution in [0.2, 0.25) is 0 Å². The van der Waals surface area contributed by atoms with Crippen molar-refractivity contribution in [1.82, 2.24) is 5.32 Å². The van der Waals surface area contributed by atoms with Crippen molar-refractivity contribution in [2.75, 3.05) is 23.4 Å². The van der Waals surface area contributed by atoms with Gasteiger partial charge in [0, 0.05) is 36.2 Å². The van der Waals surface area contributed by atoms with Crippen LogP contribution < -0.4 is 15.4 Å². The fourth-order valence-corrected chi connectivity index (χ4v) is 3.73. The van der Waals surface area contributed by atoms with Gasteiger partial charge in [-0.15, -0.1) is 12.4 Å². The Labute approximate surface area is 165 Å². The van der Waals surface area contributed by atoms with Crippen LogP contribution >= 0.6 is 24.2 Å². The van der Waals surface area contributed by atoms with E-state index in [0.717, 1.165) is 40.6 Å². The minimum absolute atomic E-state index is 0. The Bertz CT molecular complexity index is 706. The number of aryl methyl sites for hydroxylation is 1. The molecule has 6 heteroatoms. The van der Waals surface area contributed by atoms with Crippen LogP contribution in [-0.2, 0) is 11.4 Å². The summed E-state index contributed by atoms with van der Waals surface area (Å²) < 4.78 is 5.83. The molecule has 1 heterocycles. The van der Waals surface area contributed by atoms with E-state index in [0.29, 0.717) is 13.0 Å². The number of halogens is 1. The van der Waals surface area contributed by atoms with Crippen molar-refractivity contribution in [2.24, 2.45) is 0 Å². The average Bonchev–Trinajstić information content (AvgIpc) is 2.64. The summed E-state index contributed by atoms with van der Waals surface area (Å²) in [6.45, 7) is 3.51. The third-order valence-corrected chi connectivity index (χ3v) is 5.28. The van der Waals surface area contributed by atoms with Crippen LogP contribution in [0.4, 0.5) is 5.69 Å². The molecule has 1 fully saturated rings. The van der Waals surface area contributed by atoms with Crippen molar-refractivity contribution in [1.29, 1.82) is 0 Å². The van der Waals surface area contributed by atoms with Crippen LogP contribution in [0.25, 0.3) is 0 Å². The standard InChI is InChI=1S/C20H24N2O2S.ClH/c1-15-11-18(24-13-16-5-3-2-4-6-16)7-8-19(15)22-20(23)12-17-14-25-10-9-21-17;/h2-8,11,17,21H,9-10,12-14H2,1H3,(H,22,23);1H. The molecule has 1 saturated heterocycles. The molecular weight excluding hydrogens is 368 g/mol. The molecule has 1 atom stereocenters. The zero-order valence-electron chi connectivity index (χ0n) is 14.9. The lowest BCUT2D eigenvalue weighted by Gasteiger charge is -2.22. The van der Waals surface area contributed by atoms with Gasteiger partial charge in [-0.05, 0) is 36.2 Å². The van der Waals surface area contributed by atoms with E-state index in [1.807, 2.05) is 67.2 Å². The largest absolute Gasteiger partial charge is 0.489 e. The molecule has 0 bridgehead atoms. The second kappa shape index (κ2) is 10.5. The maximum Gasteiger partial charge on any atom is 0.225 e. The number of carbonyl (C=O) groups excluding carboxylic acids is 1. The number of rotatable bonds is 6. The lowest BCUT2D eigenvalue weighted by molar-refractivity contribution is -0.116. The highest BCUT2D eigenvalue weighted by molar-refractivity contribution is 7.99. The highest BCUT2D eigenvalue weighted by atomic mass is 35.5. The van der Waals surface area contributed by atoms with Gasteiger partial charge in [0.2, 0.25) is 5.91 Å². The first-order valence-corrected chi connectivity index (χ1v) is 9.74. The smallest absolute Gasteiger partial charge is 0.225 e. The normalized spacial score (nSPS) is 16.4. The molecule has 4 nitrogen and oxygen atoms in total. The summed E-state index contributed by atoms with van der Waals surface area (Å²) in [5, 5.41) is 6.40. The van der Waals surface area contributed by atoms with E-state index in [1.54, 1.807) is 0 Å². The molecule has 1 amide bonds. The van der Waals surface area contributed by atoms with Gasteiger partial charge in [0.1, 0.15) is 12.4 Å². The second-order valence-electron chi connectivity index (χ2n) is 6.23. The molecule has 0 saturated carbocycles. The van der Waals surface area contributed by atoms with Gasteiger partial charge in [0.05, 0.1) is 0 Å². The number of benzene rings is 2. The molecule has 0 aromatic heterocycles. The Kier molecular flexibility index (Phi) is 8.29. The summed E-state index contributed by atoms with van der Waals surface area (Å²) in [6, 6.07) is 16.1. The zero-order chi connectivity index (χ0) is 17.5. The predicted molar refractivity (Wildman–Crippen MR) is 112 cm³/mol. The van der Waals surface area contributed by atoms with Gasteiger partial charge in [0.25, 0.3) is 0 Å². The molecule has 2 aromatic carbocycles. The van der Waals surface area contributed by atoms with Crippen LogP contribution in [0.5, 0.6) is 5.75 Å².